The summed E-state index contributed by atoms with van der Waals surface area (Å²) in [6.07, 6.45) is 3.62. The number of piperazine rings is 1. The molecule has 4 aromatic rings. The van der Waals surface area contributed by atoms with Gasteiger partial charge in [-0.15, -0.1) is 11.3 Å². The molecular weight excluding hydrogens is 430 g/mol. The lowest BCUT2D eigenvalue weighted by atomic mass is 10.1. The maximum atomic E-state index is 10.4. The first-order chi connectivity index (χ1) is 15.2. The van der Waals surface area contributed by atoms with Crippen molar-refractivity contribution in [2.75, 3.05) is 36.4 Å². The first kappa shape index (κ1) is 20.1. The number of fused-ring (bicyclic) bond motifs is 1. The monoisotopic (exact) mass is 451 g/mol. The molecule has 0 spiro atoms. The Labute approximate surface area is 189 Å². The number of halogens is 1. The molecule has 31 heavy (non-hydrogen) atoms. The Bertz CT molecular complexity index is 1190. The molecule has 2 aromatic heterocycles. The SMILES string of the molecule is Oc1ccc(Nc2ccnc3cc(Cl)ccc23)cc1CN1CCN(c2nccs2)CC1. The molecule has 8 heteroatoms. The zero-order valence-corrected chi connectivity index (χ0v) is 18.4. The van der Waals surface area contributed by atoms with Crippen molar-refractivity contribution in [3.8, 4) is 5.75 Å². The average Bonchev–Trinajstić information content (AvgIpc) is 3.31. The van der Waals surface area contributed by atoms with Gasteiger partial charge in [-0.05, 0) is 42.5 Å². The van der Waals surface area contributed by atoms with Gasteiger partial charge in [0.25, 0.3) is 0 Å². The summed E-state index contributed by atoms with van der Waals surface area (Å²) in [6.45, 7) is 4.47. The number of rotatable bonds is 5. The molecule has 0 aliphatic carbocycles. The summed E-state index contributed by atoms with van der Waals surface area (Å²) < 4.78 is 0. The number of phenolic OH excluding ortho intramolecular Hbond substituents is 1. The van der Waals surface area contributed by atoms with Crippen LogP contribution in [-0.4, -0.2) is 46.2 Å². The number of aromatic hydroxyl groups is 1. The molecule has 2 aromatic carbocycles. The van der Waals surface area contributed by atoms with Crippen molar-refractivity contribution in [1.29, 1.82) is 0 Å². The minimum atomic E-state index is 0.319. The molecule has 2 N–H and O–H groups in total. The number of phenols is 1. The molecule has 5 rings (SSSR count). The largest absolute Gasteiger partial charge is 0.508 e. The molecule has 158 valence electrons. The normalized spacial score (nSPS) is 14.8. The van der Waals surface area contributed by atoms with E-state index in [0.29, 0.717) is 17.3 Å². The van der Waals surface area contributed by atoms with Gasteiger partial charge in [-0.2, -0.15) is 0 Å². The van der Waals surface area contributed by atoms with E-state index < -0.39 is 0 Å². The van der Waals surface area contributed by atoms with Crippen LogP contribution in [0.2, 0.25) is 5.02 Å². The number of aromatic nitrogens is 2. The van der Waals surface area contributed by atoms with Crippen LogP contribution in [0, 0.1) is 0 Å². The Kier molecular flexibility index (Phi) is 5.63. The van der Waals surface area contributed by atoms with Crippen molar-refractivity contribution < 1.29 is 5.11 Å². The van der Waals surface area contributed by atoms with Gasteiger partial charge in [-0.25, -0.2) is 4.98 Å². The predicted octanol–water partition coefficient (Wildman–Crippen LogP) is 5.12. The number of hydrogen-bond acceptors (Lipinski definition) is 7. The topological polar surface area (TPSA) is 64.5 Å². The maximum Gasteiger partial charge on any atom is 0.185 e. The Morgan fingerprint density at radius 3 is 2.68 bits per heavy atom. The van der Waals surface area contributed by atoms with Crippen LogP contribution in [0.3, 0.4) is 0 Å². The highest BCUT2D eigenvalue weighted by molar-refractivity contribution is 7.13. The van der Waals surface area contributed by atoms with E-state index in [-0.39, 0.29) is 0 Å². The molecule has 1 aliphatic heterocycles. The Balaban J connectivity index is 1.30. The number of nitrogens with zero attached hydrogens (tertiary/aromatic N) is 4. The first-order valence-electron chi connectivity index (χ1n) is 10.2. The van der Waals surface area contributed by atoms with Crippen LogP contribution in [0.5, 0.6) is 5.75 Å². The summed E-state index contributed by atoms with van der Waals surface area (Å²) in [5, 5.41) is 18.7. The predicted molar refractivity (Wildman–Crippen MR) is 128 cm³/mol. The van der Waals surface area contributed by atoms with Crippen LogP contribution in [0.15, 0.2) is 60.2 Å². The zero-order chi connectivity index (χ0) is 21.2. The second-order valence-electron chi connectivity index (χ2n) is 7.57. The van der Waals surface area contributed by atoms with Crippen molar-refractivity contribution >= 4 is 50.3 Å². The summed E-state index contributed by atoms with van der Waals surface area (Å²) in [5.41, 5.74) is 3.63. The number of pyridine rings is 1. The van der Waals surface area contributed by atoms with E-state index in [0.717, 1.165) is 59.2 Å². The highest BCUT2D eigenvalue weighted by Crippen LogP contribution is 2.30. The van der Waals surface area contributed by atoms with E-state index in [1.165, 1.54) is 0 Å². The lowest BCUT2D eigenvalue weighted by Gasteiger charge is -2.34. The third-order valence-corrected chi connectivity index (χ3v) is 6.59. The van der Waals surface area contributed by atoms with Gasteiger partial charge in [0.2, 0.25) is 0 Å². The highest BCUT2D eigenvalue weighted by atomic mass is 35.5. The van der Waals surface area contributed by atoms with Gasteiger partial charge in [0, 0.05) is 77.8 Å². The van der Waals surface area contributed by atoms with E-state index in [9.17, 15) is 5.11 Å². The highest BCUT2D eigenvalue weighted by Gasteiger charge is 2.19. The zero-order valence-electron chi connectivity index (χ0n) is 16.8. The fourth-order valence-corrected chi connectivity index (χ4v) is 4.75. The lowest BCUT2D eigenvalue weighted by molar-refractivity contribution is 0.247. The van der Waals surface area contributed by atoms with E-state index in [1.807, 2.05) is 48.0 Å². The van der Waals surface area contributed by atoms with Gasteiger partial charge in [-0.3, -0.25) is 9.88 Å². The van der Waals surface area contributed by atoms with Gasteiger partial charge in [0.1, 0.15) is 5.75 Å². The minimum absolute atomic E-state index is 0.319. The fourth-order valence-electron chi connectivity index (χ4n) is 3.89. The van der Waals surface area contributed by atoms with Crippen LogP contribution in [-0.2, 0) is 6.54 Å². The van der Waals surface area contributed by atoms with Crippen molar-refractivity contribution in [2.24, 2.45) is 0 Å². The van der Waals surface area contributed by atoms with Crippen LogP contribution >= 0.6 is 22.9 Å². The Hall–Kier alpha value is -2.87. The van der Waals surface area contributed by atoms with Crippen molar-refractivity contribution in [2.45, 2.75) is 6.54 Å². The minimum Gasteiger partial charge on any atom is -0.508 e. The van der Waals surface area contributed by atoms with E-state index in [2.05, 4.69) is 25.1 Å². The number of nitrogens with one attached hydrogen (secondary N) is 1. The molecule has 0 saturated carbocycles. The maximum absolute atomic E-state index is 10.4. The molecule has 1 aliphatic rings. The molecule has 0 atom stereocenters. The molecule has 3 heterocycles. The Morgan fingerprint density at radius 2 is 1.87 bits per heavy atom. The van der Waals surface area contributed by atoms with Crippen molar-refractivity contribution in [3.63, 3.8) is 0 Å². The van der Waals surface area contributed by atoms with Crippen LogP contribution in [0.25, 0.3) is 10.9 Å². The average molecular weight is 452 g/mol. The molecule has 0 radical (unpaired) electrons. The number of anilines is 3. The summed E-state index contributed by atoms with van der Waals surface area (Å²) >= 11 is 7.78. The summed E-state index contributed by atoms with van der Waals surface area (Å²) in [4.78, 5) is 13.5. The molecule has 1 fully saturated rings. The third-order valence-electron chi connectivity index (χ3n) is 5.52. The van der Waals surface area contributed by atoms with Crippen LogP contribution < -0.4 is 10.2 Å². The van der Waals surface area contributed by atoms with Gasteiger partial charge < -0.3 is 15.3 Å². The van der Waals surface area contributed by atoms with Gasteiger partial charge >= 0.3 is 0 Å². The third kappa shape index (κ3) is 4.44. The quantitative estimate of drug-likeness (QED) is 0.411. The van der Waals surface area contributed by atoms with Crippen molar-refractivity contribution in [1.82, 2.24) is 14.9 Å². The van der Waals surface area contributed by atoms with Gasteiger partial charge in [-0.1, -0.05) is 11.6 Å². The summed E-state index contributed by atoms with van der Waals surface area (Å²) in [5.74, 6) is 0.319. The molecule has 0 bridgehead atoms. The lowest BCUT2D eigenvalue weighted by Crippen LogP contribution is -2.45. The van der Waals surface area contributed by atoms with E-state index in [4.69, 9.17) is 11.6 Å². The Morgan fingerprint density at radius 1 is 1.00 bits per heavy atom. The fraction of sp³-hybridized carbons (Fsp3) is 0.217. The number of thiazole rings is 1. The van der Waals surface area contributed by atoms with Crippen LogP contribution in [0.1, 0.15) is 5.56 Å². The first-order valence-corrected chi connectivity index (χ1v) is 11.4. The number of benzene rings is 2. The van der Waals surface area contributed by atoms with Crippen molar-refractivity contribution in [3.05, 3.63) is 70.8 Å². The standard InChI is InChI=1S/C23H22ClN5OS/c24-17-1-3-19-20(5-6-25-21(19)14-17)27-18-2-4-22(30)16(13-18)15-28-8-10-29(11-9-28)23-26-7-12-31-23/h1-7,12-14,30H,8-11,15H2,(H,25,27). The molecule has 6 nitrogen and oxygen atoms in total. The van der Waals surface area contributed by atoms with Gasteiger partial charge in [0.15, 0.2) is 5.13 Å². The van der Waals surface area contributed by atoms with Crippen LogP contribution in [0.4, 0.5) is 16.5 Å². The van der Waals surface area contributed by atoms with Gasteiger partial charge in [0.05, 0.1) is 5.52 Å². The van der Waals surface area contributed by atoms with E-state index >= 15 is 0 Å². The summed E-state index contributed by atoms with van der Waals surface area (Å²) in [6, 6.07) is 13.3. The molecular formula is C23H22ClN5OS. The smallest absolute Gasteiger partial charge is 0.185 e. The number of hydrogen-bond donors (Lipinski definition) is 2. The molecule has 0 unspecified atom stereocenters. The molecule has 1 saturated heterocycles. The molecule has 0 amide bonds. The van der Waals surface area contributed by atoms with E-state index in [1.54, 1.807) is 23.6 Å². The second-order valence-corrected chi connectivity index (χ2v) is 8.88. The summed E-state index contributed by atoms with van der Waals surface area (Å²) in [7, 11) is 0. The second kappa shape index (κ2) is 8.70.